The number of ether oxygens (including phenoxy) is 1. The van der Waals surface area contributed by atoms with Gasteiger partial charge in [-0.15, -0.1) is 5.10 Å². The molecule has 0 atom stereocenters. The molecule has 1 heterocycles. The van der Waals surface area contributed by atoms with Gasteiger partial charge in [-0.25, -0.2) is 9.67 Å². The van der Waals surface area contributed by atoms with Crippen LogP contribution in [-0.2, 0) is 12.7 Å². The van der Waals surface area contributed by atoms with E-state index >= 15 is 0 Å². The molecule has 8 heteroatoms. The molecule has 130 valence electrons. The molecule has 0 aliphatic heterocycles. The van der Waals surface area contributed by atoms with E-state index in [0.29, 0.717) is 23.5 Å². The molecule has 25 heavy (non-hydrogen) atoms. The van der Waals surface area contributed by atoms with Crippen molar-refractivity contribution in [2.45, 2.75) is 12.7 Å². The Labute approximate surface area is 141 Å². The molecular weight excluding hydrogens is 333 g/mol. The summed E-state index contributed by atoms with van der Waals surface area (Å²) in [4.78, 5) is 3.69. The predicted molar refractivity (Wildman–Crippen MR) is 86.2 cm³/mol. The maximum atomic E-state index is 13.1. The molecule has 0 aliphatic carbocycles. The number of alkyl halides is 3. The summed E-state index contributed by atoms with van der Waals surface area (Å²) in [6.45, 7) is 0.344. The fourth-order valence-electron chi connectivity index (χ4n) is 2.31. The van der Waals surface area contributed by atoms with Gasteiger partial charge in [0.25, 0.3) is 5.82 Å². The number of rotatable bonds is 4. The van der Waals surface area contributed by atoms with Crippen LogP contribution in [0.5, 0.6) is 5.75 Å². The first-order valence-electron chi connectivity index (χ1n) is 7.40. The van der Waals surface area contributed by atoms with Gasteiger partial charge in [-0.05, 0) is 42.0 Å². The minimum Gasteiger partial charge on any atom is -0.497 e. The lowest BCUT2D eigenvalue weighted by Crippen LogP contribution is -2.08. The van der Waals surface area contributed by atoms with Crippen LogP contribution in [0.1, 0.15) is 11.4 Å². The summed E-state index contributed by atoms with van der Waals surface area (Å²) in [5.41, 5.74) is 7.38. The van der Waals surface area contributed by atoms with Crippen molar-refractivity contribution in [2.75, 3.05) is 7.11 Å². The second kappa shape index (κ2) is 6.56. The first-order chi connectivity index (χ1) is 11.9. The number of benzene rings is 2. The van der Waals surface area contributed by atoms with Crippen molar-refractivity contribution in [1.29, 1.82) is 0 Å². The summed E-state index contributed by atoms with van der Waals surface area (Å²) in [6.07, 6.45) is -4.64. The van der Waals surface area contributed by atoms with E-state index in [4.69, 9.17) is 10.5 Å². The van der Waals surface area contributed by atoms with Crippen LogP contribution in [0.25, 0.3) is 17.1 Å². The predicted octanol–water partition coefficient (Wildman–Crippen LogP) is 3.42. The van der Waals surface area contributed by atoms with Crippen molar-refractivity contribution in [3.05, 3.63) is 59.9 Å². The van der Waals surface area contributed by atoms with Gasteiger partial charge in [0.05, 0.1) is 12.8 Å². The molecule has 2 aromatic carbocycles. The van der Waals surface area contributed by atoms with Crippen LogP contribution in [0.4, 0.5) is 13.2 Å². The van der Waals surface area contributed by atoms with E-state index in [0.717, 1.165) is 5.56 Å². The van der Waals surface area contributed by atoms with Gasteiger partial charge in [0.1, 0.15) is 5.75 Å². The summed E-state index contributed by atoms with van der Waals surface area (Å²) in [7, 11) is 1.51. The highest BCUT2D eigenvalue weighted by molar-refractivity contribution is 5.59. The zero-order chi connectivity index (χ0) is 18.0. The van der Waals surface area contributed by atoms with Gasteiger partial charge in [0.15, 0.2) is 5.82 Å². The van der Waals surface area contributed by atoms with Gasteiger partial charge < -0.3 is 10.5 Å². The maximum Gasteiger partial charge on any atom is 0.453 e. The molecule has 0 unspecified atom stereocenters. The highest BCUT2D eigenvalue weighted by Crippen LogP contribution is 2.31. The Balaban J connectivity index is 2.12. The molecule has 0 saturated heterocycles. The molecule has 0 aliphatic rings. The largest absolute Gasteiger partial charge is 0.497 e. The molecular formula is C17H15F3N4O. The van der Waals surface area contributed by atoms with Gasteiger partial charge in [0, 0.05) is 12.1 Å². The van der Waals surface area contributed by atoms with Crippen LogP contribution >= 0.6 is 0 Å². The molecule has 2 N–H and O–H groups in total. The Kier molecular flexibility index (Phi) is 4.45. The van der Waals surface area contributed by atoms with Crippen LogP contribution in [0.2, 0.25) is 0 Å². The fourth-order valence-corrected chi connectivity index (χ4v) is 2.31. The summed E-state index contributed by atoms with van der Waals surface area (Å²) in [5, 5.41) is 3.64. The van der Waals surface area contributed by atoms with Crippen LogP contribution in [0, 0.1) is 0 Å². The Hall–Kier alpha value is -2.87. The average molecular weight is 348 g/mol. The van der Waals surface area contributed by atoms with E-state index in [1.54, 1.807) is 48.5 Å². The number of methoxy groups -OCH3 is 1. The lowest BCUT2D eigenvalue weighted by atomic mass is 10.2. The van der Waals surface area contributed by atoms with Crippen molar-refractivity contribution in [3.8, 4) is 22.8 Å². The summed E-state index contributed by atoms with van der Waals surface area (Å²) in [5.74, 6) is -0.505. The van der Waals surface area contributed by atoms with Crippen LogP contribution in [-0.4, -0.2) is 21.9 Å². The van der Waals surface area contributed by atoms with Crippen LogP contribution in [0.3, 0.4) is 0 Å². The number of nitrogens with zero attached hydrogens (tertiary/aromatic N) is 3. The topological polar surface area (TPSA) is 66.0 Å². The van der Waals surface area contributed by atoms with Crippen LogP contribution in [0.15, 0.2) is 48.5 Å². The Morgan fingerprint density at radius 1 is 1.04 bits per heavy atom. The van der Waals surface area contributed by atoms with Crippen molar-refractivity contribution in [3.63, 3.8) is 0 Å². The highest BCUT2D eigenvalue weighted by Gasteiger charge is 2.37. The number of nitrogens with two attached hydrogens (primary N) is 1. The van der Waals surface area contributed by atoms with Crippen LogP contribution < -0.4 is 10.5 Å². The first-order valence-corrected chi connectivity index (χ1v) is 7.40. The minimum absolute atomic E-state index is 0.0930. The smallest absolute Gasteiger partial charge is 0.453 e. The van der Waals surface area contributed by atoms with Crippen molar-refractivity contribution in [2.24, 2.45) is 5.73 Å². The fraction of sp³-hybridized carbons (Fsp3) is 0.176. The minimum atomic E-state index is -4.64. The lowest BCUT2D eigenvalue weighted by molar-refractivity contribution is -0.144. The monoisotopic (exact) mass is 348 g/mol. The summed E-state index contributed by atoms with van der Waals surface area (Å²) in [6, 6.07) is 13.4. The molecule has 0 radical (unpaired) electrons. The molecule has 3 aromatic rings. The lowest BCUT2D eigenvalue weighted by Gasteiger charge is -2.07. The Morgan fingerprint density at radius 3 is 2.20 bits per heavy atom. The van der Waals surface area contributed by atoms with Gasteiger partial charge >= 0.3 is 6.18 Å². The third kappa shape index (κ3) is 3.48. The van der Waals surface area contributed by atoms with Gasteiger partial charge in [-0.2, -0.15) is 13.2 Å². The van der Waals surface area contributed by atoms with Gasteiger partial charge in [-0.1, -0.05) is 12.1 Å². The first kappa shape index (κ1) is 17.0. The molecule has 3 rings (SSSR count). The van der Waals surface area contributed by atoms with E-state index in [1.807, 2.05) is 0 Å². The average Bonchev–Trinajstić information content (AvgIpc) is 3.07. The second-order valence-electron chi connectivity index (χ2n) is 5.27. The Morgan fingerprint density at radius 2 is 1.68 bits per heavy atom. The number of halogens is 3. The molecule has 0 spiro atoms. The van der Waals surface area contributed by atoms with Gasteiger partial charge in [-0.3, -0.25) is 0 Å². The van der Waals surface area contributed by atoms with E-state index in [1.165, 1.54) is 11.8 Å². The molecule has 0 fully saturated rings. The molecule has 1 aromatic heterocycles. The maximum absolute atomic E-state index is 13.1. The van der Waals surface area contributed by atoms with E-state index in [-0.39, 0.29) is 5.82 Å². The highest BCUT2D eigenvalue weighted by atomic mass is 19.4. The SMILES string of the molecule is COc1ccc(-c2nc(C(F)(F)F)nn2-c2ccc(CN)cc2)cc1. The quantitative estimate of drug-likeness (QED) is 0.785. The third-order valence-corrected chi connectivity index (χ3v) is 3.63. The molecule has 5 nitrogen and oxygen atoms in total. The molecule has 0 bridgehead atoms. The number of hydrogen-bond acceptors (Lipinski definition) is 4. The summed E-state index contributed by atoms with van der Waals surface area (Å²) >= 11 is 0. The summed E-state index contributed by atoms with van der Waals surface area (Å²) < 4.78 is 45.5. The standard InChI is InChI=1S/C17H15F3N4O/c1-25-14-8-4-12(5-9-14)15-22-16(17(18,19)20)23-24(15)13-6-2-11(10-21)3-7-13/h2-9H,10,21H2,1H3. The zero-order valence-electron chi connectivity index (χ0n) is 13.3. The Bertz CT molecular complexity index is 790. The van der Waals surface area contributed by atoms with Crippen molar-refractivity contribution < 1.29 is 17.9 Å². The number of hydrogen-bond donors (Lipinski definition) is 1. The third-order valence-electron chi connectivity index (χ3n) is 3.63. The van der Waals surface area contributed by atoms with Gasteiger partial charge in [0.2, 0.25) is 0 Å². The molecule has 0 saturated carbocycles. The van der Waals surface area contributed by atoms with Crippen molar-refractivity contribution in [1.82, 2.24) is 14.8 Å². The normalized spacial score (nSPS) is 11.6. The van der Waals surface area contributed by atoms with E-state index in [2.05, 4.69) is 10.1 Å². The van der Waals surface area contributed by atoms with E-state index in [9.17, 15) is 13.2 Å². The molecule has 0 amide bonds. The number of aromatic nitrogens is 3. The van der Waals surface area contributed by atoms with Crippen molar-refractivity contribution >= 4 is 0 Å². The second-order valence-corrected chi connectivity index (χ2v) is 5.27. The zero-order valence-corrected chi connectivity index (χ0v) is 13.3. The van der Waals surface area contributed by atoms with E-state index < -0.39 is 12.0 Å².